The van der Waals surface area contributed by atoms with Gasteiger partial charge < -0.3 is 25.2 Å². The van der Waals surface area contributed by atoms with Crippen LogP contribution in [0.25, 0.3) is 0 Å². The highest BCUT2D eigenvalue weighted by Gasteiger charge is 2.56. The fraction of sp³-hybridized carbons (Fsp3) is 0.310. The molecule has 1 aliphatic carbocycles. The molecule has 38 heavy (non-hydrogen) atoms. The molecule has 0 saturated heterocycles. The fourth-order valence-corrected chi connectivity index (χ4v) is 5.48. The normalized spacial score (nSPS) is 21.2. The highest BCUT2D eigenvalue weighted by molar-refractivity contribution is 6.31. The Labute approximate surface area is 219 Å². The Hall–Kier alpha value is -4.40. The average molecular weight is 517 g/mol. The maximum atomic E-state index is 13.9. The van der Waals surface area contributed by atoms with Crippen LogP contribution < -0.4 is 10.1 Å². The zero-order valence-corrected chi connectivity index (χ0v) is 21.6. The lowest BCUT2D eigenvalue weighted by Gasteiger charge is -2.30. The van der Waals surface area contributed by atoms with E-state index in [2.05, 4.69) is 11.4 Å². The summed E-state index contributed by atoms with van der Waals surface area (Å²) in [6, 6.07) is 7.96. The third kappa shape index (κ3) is 3.60. The number of allylic oxidation sites excluding steroid dienone is 4. The van der Waals surface area contributed by atoms with Gasteiger partial charge in [-0.1, -0.05) is 24.3 Å². The van der Waals surface area contributed by atoms with E-state index >= 15 is 0 Å². The molecule has 5 rings (SSSR count). The van der Waals surface area contributed by atoms with Crippen LogP contribution in [0.2, 0.25) is 0 Å². The monoisotopic (exact) mass is 516 g/mol. The molecule has 9 nitrogen and oxygen atoms in total. The molecule has 2 aliphatic heterocycles. The smallest absolute Gasteiger partial charge is 0.242 e. The van der Waals surface area contributed by atoms with Gasteiger partial charge in [0.25, 0.3) is 0 Å². The summed E-state index contributed by atoms with van der Waals surface area (Å²) in [5.41, 5.74) is 0.647. The van der Waals surface area contributed by atoms with Gasteiger partial charge in [-0.05, 0) is 45.2 Å². The van der Waals surface area contributed by atoms with Crippen LogP contribution in [-0.2, 0) is 32.8 Å². The predicted octanol–water partition coefficient (Wildman–Crippen LogP) is 2.74. The largest absolute Gasteiger partial charge is 0.507 e. The van der Waals surface area contributed by atoms with Crippen molar-refractivity contribution in [1.29, 1.82) is 0 Å². The maximum absolute atomic E-state index is 13.9. The van der Waals surface area contributed by atoms with Crippen LogP contribution in [-0.4, -0.2) is 51.5 Å². The second kappa shape index (κ2) is 8.86. The van der Waals surface area contributed by atoms with Crippen LogP contribution >= 0.6 is 0 Å². The van der Waals surface area contributed by atoms with E-state index in [1.165, 1.54) is 26.3 Å². The van der Waals surface area contributed by atoms with E-state index < -0.39 is 28.5 Å². The van der Waals surface area contributed by atoms with Crippen molar-refractivity contribution >= 4 is 23.3 Å². The summed E-state index contributed by atoms with van der Waals surface area (Å²) >= 11 is 0. The number of ketones is 3. The second-order valence-electron chi connectivity index (χ2n) is 10.1. The Morgan fingerprint density at radius 1 is 1.11 bits per heavy atom. The number of hydrogen-bond donors (Lipinski definition) is 3. The fourth-order valence-electron chi connectivity index (χ4n) is 5.48. The Bertz CT molecular complexity index is 1520. The standard InChI is InChI=1S/C29H28N2O7/c1-14-25(35)23(16(3)32)27-24(26(14)36)29(4)20(38-27)11-19(33)22(28(29)37)15(2)30-12-21(34)31-10-9-17-7-5-6-8-18(17)13-31/h5-8,11,30,35-36H,9-10,12-13H2,1-4H3/b22-15+/t29-/m1/s1. The number of benzene rings is 2. The van der Waals surface area contributed by atoms with Crippen molar-refractivity contribution < 1.29 is 34.1 Å². The lowest BCUT2D eigenvalue weighted by molar-refractivity contribution is -0.131. The number of aromatic hydroxyl groups is 2. The van der Waals surface area contributed by atoms with Crippen LogP contribution in [0.1, 0.15) is 53.4 Å². The number of phenols is 2. The molecule has 0 fully saturated rings. The van der Waals surface area contributed by atoms with Gasteiger partial charge in [0.15, 0.2) is 17.3 Å². The number of ether oxygens (including phenoxy) is 1. The highest BCUT2D eigenvalue weighted by Crippen LogP contribution is 2.57. The van der Waals surface area contributed by atoms with Crippen molar-refractivity contribution in [3.05, 3.63) is 75.2 Å². The lowest BCUT2D eigenvalue weighted by Crippen LogP contribution is -2.43. The van der Waals surface area contributed by atoms with Crippen LogP contribution in [0, 0.1) is 6.92 Å². The molecule has 0 unspecified atom stereocenters. The van der Waals surface area contributed by atoms with Crippen molar-refractivity contribution in [2.24, 2.45) is 0 Å². The minimum absolute atomic E-state index is 0.0232. The Balaban J connectivity index is 1.45. The zero-order chi connectivity index (χ0) is 27.5. The molecule has 0 saturated carbocycles. The van der Waals surface area contributed by atoms with Gasteiger partial charge in [0.05, 0.1) is 17.7 Å². The van der Waals surface area contributed by atoms with E-state index in [-0.39, 0.29) is 57.7 Å². The van der Waals surface area contributed by atoms with Gasteiger partial charge in [-0.3, -0.25) is 19.2 Å². The summed E-state index contributed by atoms with van der Waals surface area (Å²) in [6.07, 6.45) is 1.91. The average Bonchev–Trinajstić information content (AvgIpc) is 3.18. The number of nitrogens with zero attached hydrogens (tertiary/aromatic N) is 1. The highest BCUT2D eigenvalue weighted by atomic mass is 16.5. The summed E-state index contributed by atoms with van der Waals surface area (Å²) in [7, 11) is 0. The first-order valence-electron chi connectivity index (χ1n) is 12.3. The molecular formula is C29H28N2O7. The molecule has 196 valence electrons. The minimum atomic E-state index is -1.60. The number of nitrogens with one attached hydrogen (secondary N) is 1. The van der Waals surface area contributed by atoms with Crippen LogP contribution in [0.15, 0.2) is 47.4 Å². The number of hydrogen-bond acceptors (Lipinski definition) is 8. The van der Waals surface area contributed by atoms with E-state index in [0.29, 0.717) is 13.1 Å². The summed E-state index contributed by atoms with van der Waals surface area (Å²) < 4.78 is 5.77. The molecular weight excluding hydrogens is 488 g/mol. The van der Waals surface area contributed by atoms with Crippen molar-refractivity contribution in [1.82, 2.24) is 10.2 Å². The third-order valence-electron chi connectivity index (χ3n) is 7.75. The first-order valence-corrected chi connectivity index (χ1v) is 12.3. The molecule has 0 aromatic heterocycles. The lowest BCUT2D eigenvalue weighted by atomic mass is 9.70. The Morgan fingerprint density at radius 2 is 1.79 bits per heavy atom. The molecule has 0 bridgehead atoms. The van der Waals surface area contributed by atoms with Gasteiger partial charge in [0.2, 0.25) is 5.91 Å². The zero-order valence-electron chi connectivity index (χ0n) is 21.6. The summed E-state index contributed by atoms with van der Waals surface area (Å²) in [6.45, 7) is 6.67. The Morgan fingerprint density at radius 3 is 2.47 bits per heavy atom. The van der Waals surface area contributed by atoms with Crippen LogP contribution in [0.4, 0.5) is 0 Å². The van der Waals surface area contributed by atoms with Gasteiger partial charge >= 0.3 is 0 Å². The second-order valence-corrected chi connectivity index (χ2v) is 10.1. The van der Waals surface area contributed by atoms with E-state index in [0.717, 1.165) is 18.1 Å². The molecule has 0 radical (unpaired) electrons. The first kappa shape index (κ1) is 25.3. The van der Waals surface area contributed by atoms with E-state index in [4.69, 9.17) is 4.74 Å². The molecule has 2 aromatic carbocycles. The topological polar surface area (TPSA) is 133 Å². The van der Waals surface area contributed by atoms with E-state index in [1.54, 1.807) is 11.8 Å². The molecule has 3 N–H and O–H groups in total. The number of fused-ring (bicyclic) bond motifs is 4. The summed E-state index contributed by atoms with van der Waals surface area (Å²) in [4.78, 5) is 53.9. The summed E-state index contributed by atoms with van der Waals surface area (Å²) in [5, 5.41) is 24.3. The van der Waals surface area contributed by atoms with E-state index in [1.807, 2.05) is 18.2 Å². The van der Waals surface area contributed by atoms with Crippen molar-refractivity contribution in [3.63, 3.8) is 0 Å². The van der Waals surface area contributed by atoms with Gasteiger partial charge in [-0.25, -0.2) is 0 Å². The summed E-state index contributed by atoms with van der Waals surface area (Å²) in [5.74, 6) is -2.95. The number of phenolic OH excluding ortho intramolecular Hbond substituents is 2. The van der Waals surface area contributed by atoms with Crippen molar-refractivity contribution in [2.45, 2.75) is 46.1 Å². The Kier molecular flexibility index (Phi) is 5.89. The minimum Gasteiger partial charge on any atom is -0.507 e. The van der Waals surface area contributed by atoms with Gasteiger partial charge in [-0.2, -0.15) is 0 Å². The molecule has 2 heterocycles. The maximum Gasteiger partial charge on any atom is 0.242 e. The van der Waals surface area contributed by atoms with Crippen molar-refractivity contribution in [2.75, 3.05) is 13.1 Å². The molecule has 0 spiro atoms. The van der Waals surface area contributed by atoms with Gasteiger partial charge in [0.1, 0.15) is 34.0 Å². The first-order chi connectivity index (χ1) is 18.0. The number of amides is 1. The number of rotatable bonds is 4. The van der Waals surface area contributed by atoms with E-state index in [9.17, 15) is 29.4 Å². The number of Topliss-reactive ketones (excluding diaryl/α,β-unsaturated/α-hetero) is 2. The predicted molar refractivity (Wildman–Crippen MR) is 137 cm³/mol. The number of carbonyl (C=O) groups excluding carboxylic acids is 4. The molecule has 3 aliphatic rings. The molecule has 2 aromatic rings. The van der Waals surface area contributed by atoms with Gasteiger partial charge in [0, 0.05) is 30.4 Å². The quantitative estimate of drug-likeness (QED) is 0.321. The number of carbonyl (C=O) groups is 4. The molecule has 1 amide bonds. The van der Waals surface area contributed by atoms with Crippen LogP contribution in [0.5, 0.6) is 17.2 Å². The van der Waals surface area contributed by atoms with Gasteiger partial charge in [-0.15, -0.1) is 0 Å². The third-order valence-corrected chi connectivity index (χ3v) is 7.75. The van der Waals surface area contributed by atoms with Crippen LogP contribution in [0.3, 0.4) is 0 Å². The van der Waals surface area contributed by atoms with Crippen molar-refractivity contribution in [3.8, 4) is 17.2 Å². The molecule has 1 atom stereocenters. The molecule has 9 heteroatoms. The SMILES string of the molecule is CC(=O)c1c(O)c(C)c(O)c2c1OC1=CC(=O)/C(=C(/C)NCC(=O)N3CCc4ccccc4C3)C(=O)[C@]12C.